The molecular weight excluding hydrogens is 534 g/mol. The average Bonchev–Trinajstić information content (AvgIpc) is 2.89. The van der Waals surface area contributed by atoms with E-state index in [9.17, 15) is 26.3 Å². The second-order valence-corrected chi connectivity index (χ2v) is 9.21. The summed E-state index contributed by atoms with van der Waals surface area (Å²) in [7, 11) is 0. The number of halogens is 6. The predicted octanol–water partition coefficient (Wildman–Crippen LogP) is 9.20. The molecule has 0 aliphatic carbocycles. The molecule has 1 N–H and O–H groups in total. The third kappa shape index (κ3) is 12.2. The van der Waals surface area contributed by atoms with Gasteiger partial charge in [-0.2, -0.15) is 31.6 Å². The maximum atomic E-state index is 12.5. The van der Waals surface area contributed by atoms with Gasteiger partial charge in [0.05, 0.1) is 48.7 Å². The van der Waals surface area contributed by atoms with Crippen LogP contribution in [0.25, 0.3) is 0 Å². The first-order valence-corrected chi connectivity index (χ1v) is 13.2. The van der Waals surface area contributed by atoms with E-state index in [-0.39, 0.29) is 11.4 Å². The molecule has 12 heteroatoms. The first kappa shape index (κ1) is 34.6. The number of quaternary nitrogens is 1. The molecule has 0 saturated carbocycles. The Bertz CT molecular complexity index is 1070. The zero-order valence-corrected chi connectivity index (χ0v) is 23.3. The first-order valence-electron chi connectivity index (χ1n) is 13.2. The number of nitriles is 1. The normalized spacial score (nSPS) is 12.6. The van der Waals surface area contributed by atoms with Crippen LogP contribution in [0.15, 0.2) is 63.9 Å². The monoisotopic (exact) mass is 571 g/mol. The molecule has 0 aromatic heterocycles. The van der Waals surface area contributed by atoms with Gasteiger partial charge in [0.1, 0.15) is 6.07 Å². The van der Waals surface area contributed by atoms with Crippen LogP contribution in [-0.2, 0) is 12.4 Å². The van der Waals surface area contributed by atoms with Gasteiger partial charge in [-0.05, 0) is 74.2 Å². The van der Waals surface area contributed by atoms with E-state index in [2.05, 4.69) is 48.5 Å². The lowest BCUT2D eigenvalue weighted by atomic mass is 10.2. The number of hydrogen-bond acceptors (Lipinski definition) is 4. The molecule has 2 aromatic carbocycles. The molecule has 0 radical (unpaired) electrons. The summed E-state index contributed by atoms with van der Waals surface area (Å²) >= 11 is 0. The zero-order valence-electron chi connectivity index (χ0n) is 23.3. The third-order valence-corrected chi connectivity index (χ3v) is 5.85. The predicted molar refractivity (Wildman–Crippen MR) is 145 cm³/mol. The van der Waals surface area contributed by atoms with Crippen molar-refractivity contribution in [1.82, 2.24) is 0 Å². The number of azo groups is 1. The number of hydrazone groups is 1. The van der Waals surface area contributed by atoms with Crippen LogP contribution in [0.5, 0.6) is 0 Å². The summed E-state index contributed by atoms with van der Waals surface area (Å²) in [6, 6.07) is 9.17. The topological polar surface area (TPSA) is 72.9 Å². The van der Waals surface area contributed by atoms with Crippen LogP contribution in [0, 0.1) is 11.3 Å². The van der Waals surface area contributed by atoms with Crippen LogP contribution >= 0.6 is 0 Å². The van der Waals surface area contributed by atoms with Gasteiger partial charge in [0, 0.05) is 0 Å². The maximum Gasteiger partial charge on any atom is 0.416 e. The largest absolute Gasteiger partial charge is 0.416 e. The van der Waals surface area contributed by atoms with Gasteiger partial charge in [0.15, 0.2) is 0 Å². The van der Waals surface area contributed by atoms with Crippen molar-refractivity contribution < 1.29 is 30.8 Å². The molecule has 0 spiro atoms. The van der Waals surface area contributed by atoms with Crippen LogP contribution in [0.1, 0.15) is 64.5 Å². The Morgan fingerprint density at radius 2 is 1.12 bits per heavy atom. The highest BCUT2D eigenvalue weighted by molar-refractivity contribution is 5.97. The van der Waals surface area contributed by atoms with Crippen molar-refractivity contribution in [3.8, 4) is 6.07 Å². The molecule has 0 aliphatic rings. The van der Waals surface area contributed by atoms with Crippen molar-refractivity contribution in [2.24, 2.45) is 15.3 Å². The van der Waals surface area contributed by atoms with Crippen molar-refractivity contribution in [3.05, 3.63) is 59.7 Å². The number of nitrogens with zero attached hydrogens (tertiary/aromatic N) is 5. The molecule has 220 valence electrons. The van der Waals surface area contributed by atoms with E-state index >= 15 is 0 Å². The third-order valence-electron chi connectivity index (χ3n) is 5.85. The highest BCUT2D eigenvalue weighted by Gasteiger charge is 2.30. The standard InChI is InChI=1S/C16H9F6N5.C12H28N/c17-15(18,19)10-1-5-12(6-2-10)24-26-14(9-23)27-25-13-7-3-11(4-8-13)16(20,21)22;1-5-9-13(10-6-2,11-7-3)12-8-4/h1-8,24H;5-12H2,1-4H3/q;+1. The minimum atomic E-state index is -4.49. The number of benzene rings is 2. The summed E-state index contributed by atoms with van der Waals surface area (Å²) in [4.78, 5) is 0. The molecule has 40 heavy (non-hydrogen) atoms. The lowest BCUT2D eigenvalue weighted by Crippen LogP contribution is -2.50. The van der Waals surface area contributed by atoms with E-state index in [1.54, 1.807) is 6.07 Å². The molecule has 0 amide bonds. The molecule has 0 aliphatic heterocycles. The first-order chi connectivity index (χ1) is 18.8. The lowest BCUT2D eigenvalue weighted by molar-refractivity contribution is -0.928. The lowest BCUT2D eigenvalue weighted by Gasteiger charge is -2.38. The Morgan fingerprint density at radius 1 is 0.725 bits per heavy atom. The van der Waals surface area contributed by atoms with E-state index in [4.69, 9.17) is 5.26 Å². The molecule has 0 fully saturated rings. The van der Waals surface area contributed by atoms with Crippen molar-refractivity contribution in [1.29, 1.82) is 5.26 Å². The second kappa shape index (κ2) is 16.6. The number of amidine groups is 1. The van der Waals surface area contributed by atoms with Crippen molar-refractivity contribution >= 4 is 17.2 Å². The maximum absolute atomic E-state index is 12.5. The van der Waals surface area contributed by atoms with Crippen LogP contribution in [-0.4, -0.2) is 36.5 Å². The summed E-state index contributed by atoms with van der Waals surface area (Å²) in [6.07, 6.45) is -3.63. The SMILES string of the molecule is CCC[N+](CCC)(CCC)CCC.N#CC(N=Nc1ccc(C(F)(F)F)cc1)=NNc1ccc(C(F)(F)F)cc1. The minimum absolute atomic E-state index is 0.0560. The molecule has 2 rings (SSSR count). The van der Waals surface area contributed by atoms with Crippen molar-refractivity contribution in [2.75, 3.05) is 31.6 Å². The number of hydrogen-bond donors (Lipinski definition) is 1. The quantitative estimate of drug-likeness (QED) is 0.0729. The van der Waals surface area contributed by atoms with Gasteiger partial charge in [-0.25, -0.2) is 0 Å². The fraction of sp³-hybridized carbons (Fsp3) is 0.500. The average molecular weight is 572 g/mol. The van der Waals surface area contributed by atoms with Gasteiger partial charge < -0.3 is 4.48 Å². The van der Waals surface area contributed by atoms with Crippen molar-refractivity contribution in [2.45, 2.75) is 65.7 Å². The Morgan fingerprint density at radius 3 is 1.48 bits per heavy atom. The highest BCUT2D eigenvalue weighted by Crippen LogP contribution is 2.31. The fourth-order valence-corrected chi connectivity index (χ4v) is 4.31. The van der Waals surface area contributed by atoms with Gasteiger partial charge in [-0.3, -0.25) is 5.43 Å². The number of alkyl halides is 6. The number of anilines is 1. The molecule has 0 atom stereocenters. The Labute approximate surface area is 232 Å². The molecule has 0 saturated heterocycles. The van der Waals surface area contributed by atoms with Crippen LogP contribution in [0.4, 0.5) is 37.7 Å². The smallest absolute Gasteiger partial charge is 0.324 e. The Kier molecular flexibility index (Phi) is 14.3. The van der Waals surface area contributed by atoms with Gasteiger partial charge in [-0.1, -0.05) is 27.7 Å². The highest BCUT2D eigenvalue weighted by atomic mass is 19.4. The fourth-order valence-electron chi connectivity index (χ4n) is 4.31. The van der Waals surface area contributed by atoms with Gasteiger partial charge in [0.2, 0.25) is 0 Å². The van der Waals surface area contributed by atoms with Gasteiger partial charge >= 0.3 is 12.4 Å². The summed E-state index contributed by atoms with van der Waals surface area (Å²) in [5.41, 5.74) is 0.849. The molecule has 0 bridgehead atoms. The van der Waals surface area contributed by atoms with Crippen LogP contribution in [0.2, 0.25) is 0 Å². The summed E-state index contributed by atoms with van der Waals surface area (Å²) in [5, 5.41) is 19.5. The van der Waals surface area contributed by atoms with E-state index in [0.29, 0.717) is 0 Å². The minimum Gasteiger partial charge on any atom is -0.324 e. The Balaban J connectivity index is 0.000000520. The number of rotatable bonds is 11. The molecule has 2 aromatic rings. The molecular formula is C28H37F6N6+. The zero-order chi connectivity index (χ0) is 30.2. The van der Waals surface area contributed by atoms with E-state index in [1.165, 1.54) is 56.3 Å². The van der Waals surface area contributed by atoms with Gasteiger partial charge in [-0.15, -0.1) is 15.3 Å². The van der Waals surface area contributed by atoms with Crippen LogP contribution < -0.4 is 5.43 Å². The van der Waals surface area contributed by atoms with E-state index < -0.39 is 29.3 Å². The number of nitrogens with one attached hydrogen (secondary N) is 1. The van der Waals surface area contributed by atoms with Crippen LogP contribution in [0.3, 0.4) is 0 Å². The Hall–Kier alpha value is -3.46. The summed E-state index contributed by atoms with van der Waals surface area (Å²) in [5.74, 6) is -0.477. The summed E-state index contributed by atoms with van der Waals surface area (Å²) < 4.78 is 76.1. The second-order valence-electron chi connectivity index (χ2n) is 9.21. The molecule has 0 heterocycles. The summed E-state index contributed by atoms with van der Waals surface area (Å²) in [6.45, 7) is 14.8. The molecule has 6 nitrogen and oxygen atoms in total. The van der Waals surface area contributed by atoms with E-state index in [0.717, 1.165) is 48.5 Å². The van der Waals surface area contributed by atoms with E-state index in [1.807, 2.05) is 0 Å². The molecule has 0 unspecified atom stereocenters. The van der Waals surface area contributed by atoms with Crippen molar-refractivity contribution in [3.63, 3.8) is 0 Å². The van der Waals surface area contributed by atoms with Gasteiger partial charge in [0.25, 0.3) is 5.84 Å².